The molecule has 0 aliphatic carbocycles. The molecule has 6 nitrogen and oxygen atoms in total. The first-order valence-electron chi connectivity index (χ1n) is 6.64. The van der Waals surface area contributed by atoms with Crippen molar-refractivity contribution in [2.75, 3.05) is 0 Å². The van der Waals surface area contributed by atoms with Crippen molar-refractivity contribution in [3.05, 3.63) is 59.0 Å². The largest absolute Gasteiger partial charge is 0.476 e. The van der Waals surface area contributed by atoms with E-state index in [0.717, 1.165) is 11.1 Å². The molecule has 3 rings (SSSR count). The molecule has 2 aromatic heterocycles. The zero-order valence-corrected chi connectivity index (χ0v) is 11.8. The summed E-state index contributed by atoms with van der Waals surface area (Å²) in [4.78, 5) is 15.4. The fourth-order valence-electron chi connectivity index (χ4n) is 2.40. The number of rotatable bonds is 3. The van der Waals surface area contributed by atoms with Gasteiger partial charge in [-0.1, -0.05) is 29.8 Å². The molecule has 0 bridgehead atoms. The van der Waals surface area contributed by atoms with Crippen LogP contribution in [-0.2, 0) is 6.54 Å². The zero-order chi connectivity index (χ0) is 15.7. The normalized spacial score (nSPS) is 10.5. The predicted molar refractivity (Wildman–Crippen MR) is 79.5 cm³/mol. The smallest absolute Gasteiger partial charge is 0.357 e. The third kappa shape index (κ3) is 2.40. The fraction of sp³-hybridized carbons (Fsp3) is 0.125. The molecule has 6 heteroatoms. The van der Waals surface area contributed by atoms with Gasteiger partial charge in [0, 0.05) is 5.39 Å². The number of aryl methyl sites for hydroxylation is 1. The van der Waals surface area contributed by atoms with E-state index < -0.39 is 5.97 Å². The van der Waals surface area contributed by atoms with Crippen molar-refractivity contribution in [2.45, 2.75) is 13.5 Å². The van der Waals surface area contributed by atoms with Gasteiger partial charge in [0.2, 0.25) is 0 Å². The summed E-state index contributed by atoms with van der Waals surface area (Å²) >= 11 is 0. The summed E-state index contributed by atoms with van der Waals surface area (Å²) in [5.74, 6) is -1.12. The Bertz CT molecular complexity index is 922. The van der Waals surface area contributed by atoms with Crippen LogP contribution in [0, 0.1) is 18.3 Å². The van der Waals surface area contributed by atoms with Gasteiger partial charge >= 0.3 is 5.97 Å². The summed E-state index contributed by atoms with van der Waals surface area (Å²) in [7, 11) is 0. The first-order valence-corrected chi connectivity index (χ1v) is 6.64. The molecule has 22 heavy (non-hydrogen) atoms. The Morgan fingerprint density at radius 2 is 2.23 bits per heavy atom. The van der Waals surface area contributed by atoms with E-state index in [9.17, 15) is 9.90 Å². The maximum Gasteiger partial charge on any atom is 0.357 e. The first kappa shape index (κ1) is 13.8. The average Bonchev–Trinajstić information content (AvgIpc) is 2.85. The standard InChI is InChI=1S/C16H12N4O2/c1-10-3-2-4-11(5-10)9-20-14-8-18-12(7-17)6-13(14)15(19-20)16(21)22/h2-6,8H,9H2,1H3,(H,21,22). The van der Waals surface area contributed by atoms with Crippen LogP contribution in [0.25, 0.3) is 10.9 Å². The van der Waals surface area contributed by atoms with Crippen molar-refractivity contribution in [1.29, 1.82) is 5.26 Å². The Morgan fingerprint density at radius 1 is 1.41 bits per heavy atom. The maximum absolute atomic E-state index is 11.4. The second-order valence-electron chi connectivity index (χ2n) is 5.00. The molecule has 0 aliphatic heterocycles. The Kier molecular flexibility index (Phi) is 3.31. The summed E-state index contributed by atoms with van der Waals surface area (Å²) < 4.78 is 1.60. The third-order valence-electron chi connectivity index (χ3n) is 3.37. The van der Waals surface area contributed by atoms with Crippen molar-refractivity contribution in [3.8, 4) is 6.07 Å². The van der Waals surface area contributed by atoms with Gasteiger partial charge in [0.05, 0.1) is 18.3 Å². The third-order valence-corrected chi connectivity index (χ3v) is 3.37. The van der Waals surface area contributed by atoms with Gasteiger partial charge in [0.25, 0.3) is 0 Å². The molecule has 0 radical (unpaired) electrons. The summed E-state index contributed by atoms with van der Waals surface area (Å²) in [5.41, 5.74) is 2.84. The molecule has 1 aromatic carbocycles. The Hall–Kier alpha value is -3.20. The number of benzene rings is 1. The second-order valence-corrected chi connectivity index (χ2v) is 5.00. The number of aromatic carboxylic acids is 1. The number of hydrogen-bond acceptors (Lipinski definition) is 4. The van der Waals surface area contributed by atoms with Gasteiger partial charge in [-0.05, 0) is 18.6 Å². The molecule has 0 unspecified atom stereocenters. The highest BCUT2D eigenvalue weighted by Gasteiger charge is 2.17. The van der Waals surface area contributed by atoms with Crippen LogP contribution >= 0.6 is 0 Å². The summed E-state index contributed by atoms with van der Waals surface area (Å²) in [5, 5.41) is 22.8. The lowest BCUT2D eigenvalue weighted by atomic mass is 10.1. The molecular weight excluding hydrogens is 280 g/mol. The van der Waals surface area contributed by atoms with Crippen LogP contribution in [-0.4, -0.2) is 25.8 Å². The van der Waals surface area contributed by atoms with Gasteiger partial charge in [0.1, 0.15) is 11.8 Å². The number of carboxylic acids is 1. The molecular formula is C16H12N4O2. The van der Waals surface area contributed by atoms with E-state index in [0.29, 0.717) is 17.4 Å². The topological polar surface area (TPSA) is 91.8 Å². The highest BCUT2D eigenvalue weighted by Crippen LogP contribution is 2.20. The summed E-state index contributed by atoms with van der Waals surface area (Å²) in [6, 6.07) is 11.3. The fourth-order valence-corrected chi connectivity index (χ4v) is 2.40. The van der Waals surface area contributed by atoms with E-state index in [4.69, 9.17) is 5.26 Å². The van der Waals surface area contributed by atoms with Crippen molar-refractivity contribution in [2.24, 2.45) is 0 Å². The van der Waals surface area contributed by atoms with E-state index in [2.05, 4.69) is 10.1 Å². The van der Waals surface area contributed by atoms with Crippen LogP contribution in [0.4, 0.5) is 0 Å². The van der Waals surface area contributed by atoms with Crippen LogP contribution < -0.4 is 0 Å². The number of nitriles is 1. The SMILES string of the molecule is Cc1cccc(Cn2nc(C(=O)O)c3cc(C#N)ncc32)c1. The van der Waals surface area contributed by atoms with E-state index in [-0.39, 0.29) is 11.4 Å². The predicted octanol–water partition coefficient (Wildman–Crippen LogP) is 2.36. The van der Waals surface area contributed by atoms with Gasteiger partial charge in [-0.25, -0.2) is 9.78 Å². The van der Waals surface area contributed by atoms with Crippen LogP contribution in [0.3, 0.4) is 0 Å². The lowest BCUT2D eigenvalue weighted by Gasteiger charge is -2.04. The maximum atomic E-state index is 11.4. The number of fused-ring (bicyclic) bond motifs is 1. The van der Waals surface area contributed by atoms with E-state index >= 15 is 0 Å². The number of nitrogens with zero attached hydrogens (tertiary/aromatic N) is 4. The summed E-state index contributed by atoms with van der Waals surface area (Å²) in [6.07, 6.45) is 1.49. The minimum Gasteiger partial charge on any atom is -0.476 e. The summed E-state index contributed by atoms with van der Waals surface area (Å²) in [6.45, 7) is 2.44. The molecule has 0 aliphatic rings. The van der Waals surface area contributed by atoms with Crippen molar-refractivity contribution < 1.29 is 9.90 Å². The number of hydrogen-bond donors (Lipinski definition) is 1. The average molecular weight is 292 g/mol. The number of aromatic nitrogens is 3. The number of carbonyl (C=O) groups is 1. The minimum absolute atomic E-state index is 0.0680. The number of pyridine rings is 1. The van der Waals surface area contributed by atoms with E-state index in [1.165, 1.54) is 12.3 Å². The highest BCUT2D eigenvalue weighted by molar-refractivity contribution is 6.01. The second kappa shape index (κ2) is 5.30. The quantitative estimate of drug-likeness (QED) is 0.800. The zero-order valence-electron chi connectivity index (χ0n) is 11.8. The Morgan fingerprint density at radius 3 is 2.91 bits per heavy atom. The van der Waals surface area contributed by atoms with E-state index in [1.54, 1.807) is 4.68 Å². The van der Waals surface area contributed by atoms with Crippen LogP contribution in [0.5, 0.6) is 0 Å². The van der Waals surface area contributed by atoms with Crippen molar-refractivity contribution in [1.82, 2.24) is 14.8 Å². The molecule has 0 saturated carbocycles. The van der Waals surface area contributed by atoms with Crippen molar-refractivity contribution in [3.63, 3.8) is 0 Å². The lowest BCUT2D eigenvalue weighted by molar-refractivity contribution is 0.0691. The molecule has 0 saturated heterocycles. The van der Waals surface area contributed by atoms with E-state index in [1.807, 2.05) is 37.3 Å². The first-order chi connectivity index (χ1) is 10.6. The molecule has 3 aromatic rings. The van der Waals surface area contributed by atoms with Crippen LogP contribution in [0.1, 0.15) is 27.3 Å². The van der Waals surface area contributed by atoms with Crippen LogP contribution in [0.15, 0.2) is 36.5 Å². The number of carboxylic acid groups (broad SMARTS) is 1. The van der Waals surface area contributed by atoms with Gasteiger partial charge in [0.15, 0.2) is 5.69 Å². The van der Waals surface area contributed by atoms with Gasteiger partial charge in [-0.3, -0.25) is 4.68 Å². The molecule has 2 heterocycles. The van der Waals surface area contributed by atoms with Gasteiger partial charge < -0.3 is 5.11 Å². The monoisotopic (exact) mass is 292 g/mol. The lowest BCUT2D eigenvalue weighted by Crippen LogP contribution is -2.04. The van der Waals surface area contributed by atoms with Crippen LogP contribution in [0.2, 0.25) is 0 Å². The Labute approximate surface area is 126 Å². The molecule has 108 valence electrons. The van der Waals surface area contributed by atoms with Gasteiger partial charge in [-0.15, -0.1) is 0 Å². The molecule has 0 atom stereocenters. The van der Waals surface area contributed by atoms with Gasteiger partial charge in [-0.2, -0.15) is 10.4 Å². The molecule has 0 spiro atoms. The molecule has 1 N–H and O–H groups in total. The molecule has 0 amide bonds. The minimum atomic E-state index is -1.12. The molecule has 0 fully saturated rings. The Balaban J connectivity index is 2.14. The highest BCUT2D eigenvalue weighted by atomic mass is 16.4. The van der Waals surface area contributed by atoms with Crippen molar-refractivity contribution >= 4 is 16.9 Å².